The van der Waals surface area contributed by atoms with E-state index in [9.17, 15) is 15.3 Å². The van der Waals surface area contributed by atoms with Crippen molar-refractivity contribution in [1.29, 1.82) is 0 Å². The van der Waals surface area contributed by atoms with Crippen molar-refractivity contribution in [2.24, 2.45) is 0 Å². The fourth-order valence-corrected chi connectivity index (χ4v) is 2.16. The Morgan fingerprint density at radius 2 is 1.41 bits per heavy atom. The standard InChI is InChI=1S/C11H21ClN5O4.ClH/c12-9-14-10(13-1-5-18)16-11(15-9)17(2-6-19,3-7-20)4-8-21;/h18-21H,1-8H2,(H,13,14,15,16);1H/q+1;/p-1. The predicted molar refractivity (Wildman–Crippen MR) is 78.1 cm³/mol. The number of nitrogens with zero attached hydrogens (tertiary/aromatic N) is 4. The second-order valence-corrected chi connectivity index (χ2v) is 4.70. The molecule has 0 saturated heterocycles. The van der Waals surface area contributed by atoms with Crippen LogP contribution in [0, 0.1) is 0 Å². The third-order valence-corrected chi connectivity index (χ3v) is 3.17. The molecule has 9 nitrogen and oxygen atoms in total. The van der Waals surface area contributed by atoms with E-state index in [0.29, 0.717) is 0 Å². The topological polar surface area (TPSA) is 132 Å². The molecule has 1 aromatic rings. The molecule has 0 saturated carbocycles. The van der Waals surface area contributed by atoms with Crippen LogP contribution in [0.1, 0.15) is 0 Å². The van der Waals surface area contributed by atoms with E-state index >= 15 is 0 Å². The zero-order valence-electron chi connectivity index (χ0n) is 12.0. The van der Waals surface area contributed by atoms with E-state index in [-0.39, 0.29) is 86.7 Å². The van der Waals surface area contributed by atoms with Crippen molar-refractivity contribution < 1.29 is 32.8 Å². The molecule has 22 heavy (non-hydrogen) atoms. The summed E-state index contributed by atoms with van der Waals surface area (Å²) in [5.74, 6) is 0.433. The number of nitrogens with one attached hydrogen (secondary N) is 1. The van der Waals surface area contributed by atoms with E-state index in [2.05, 4.69) is 20.3 Å². The van der Waals surface area contributed by atoms with Gasteiger partial charge < -0.3 is 38.1 Å². The Morgan fingerprint density at radius 1 is 0.864 bits per heavy atom. The van der Waals surface area contributed by atoms with Crippen LogP contribution in [0.15, 0.2) is 0 Å². The molecule has 0 spiro atoms. The Balaban J connectivity index is 0.00000441. The molecule has 0 aromatic carbocycles. The molecule has 128 valence electrons. The first kappa shape index (κ1) is 21.2. The fourth-order valence-electron chi connectivity index (χ4n) is 2.01. The lowest BCUT2D eigenvalue weighted by Gasteiger charge is -2.34. The molecule has 5 N–H and O–H groups in total. The minimum absolute atomic E-state index is 0. The van der Waals surface area contributed by atoms with E-state index < -0.39 is 0 Å². The highest BCUT2D eigenvalue weighted by Gasteiger charge is 2.33. The van der Waals surface area contributed by atoms with Gasteiger partial charge in [0.05, 0.1) is 26.4 Å². The minimum atomic E-state index is -0.164. The van der Waals surface area contributed by atoms with Gasteiger partial charge in [-0.15, -0.1) is 9.97 Å². The van der Waals surface area contributed by atoms with Crippen LogP contribution in [0.5, 0.6) is 0 Å². The van der Waals surface area contributed by atoms with Crippen molar-refractivity contribution >= 4 is 23.5 Å². The first-order valence-corrected chi connectivity index (χ1v) is 6.95. The molecule has 1 aromatic heterocycles. The number of quaternary nitrogens is 1. The maximum atomic E-state index is 9.26. The molecule has 0 aliphatic heterocycles. The van der Waals surface area contributed by atoms with Gasteiger partial charge in [-0.25, -0.2) is 0 Å². The van der Waals surface area contributed by atoms with Crippen LogP contribution in [0.2, 0.25) is 5.28 Å². The summed E-state index contributed by atoms with van der Waals surface area (Å²) in [5.41, 5.74) is 0. The highest BCUT2D eigenvalue weighted by molar-refractivity contribution is 6.28. The lowest BCUT2D eigenvalue weighted by molar-refractivity contribution is -0.0000102. The molecule has 1 rings (SSSR count). The molecule has 0 aliphatic carbocycles. The molecular weight excluding hydrogens is 337 g/mol. The SMILES string of the molecule is OCCNc1nc(Cl)nc([N+](CCO)(CCO)CCO)n1.[Cl-]. The lowest BCUT2D eigenvalue weighted by atomic mass is 10.3. The number of aromatic nitrogens is 3. The highest BCUT2D eigenvalue weighted by atomic mass is 35.5. The Bertz CT molecular complexity index is 424. The number of aliphatic hydroxyl groups is 4. The van der Waals surface area contributed by atoms with E-state index in [0.717, 1.165) is 0 Å². The molecule has 0 unspecified atom stereocenters. The quantitative estimate of drug-likeness (QED) is 0.264. The van der Waals surface area contributed by atoms with Gasteiger partial charge in [0, 0.05) is 6.54 Å². The first-order chi connectivity index (χ1) is 10.1. The normalized spacial score (nSPS) is 11.1. The van der Waals surface area contributed by atoms with E-state index in [1.54, 1.807) is 0 Å². The molecule has 0 radical (unpaired) electrons. The maximum Gasteiger partial charge on any atom is 0.335 e. The Kier molecular flexibility index (Phi) is 10.4. The van der Waals surface area contributed by atoms with Crippen LogP contribution in [-0.2, 0) is 0 Å². The van der Waals surface area contributed by atoms with Gasteiger partial charge >= 0.3 is 5.95 Å². The van der Waals surface area contributed by atoms with Crippen LogP contribution in [-0.4, -0.2) is 88.0 Å². The van der Waals surface area contributed by atoms with Crippen LogP contribution < -0.4 is 22.2 Å². The number of hydrogen-bond acceptors (Lipinski definition) is 8. The maximum absolute atomic E-state index is 9.26. The van der Waals surface area contributed by atoms with Gasteiger partial charge in [-0.3, -0.25) is 4.48 Å². The summed E-state index contributed by atoms with van der Waals surface area (Å²) >= 11 is 5.87. The van der Waals surface area contributed by atoms with Crippen LogP contribution in [0.25, 0.3) is 0 Å². The summed E-state index contributed by atoms with van der Waals surface area (Å²) in [6, 6.07) is 0. The molecule has 0 fully saturated rings. The summed E-state index contributed by atoms with van der Waals surface area (Å²) in [4.78, 5) is 12.1. The number of anilines is 1. The number of hydrogen-bond donors (Lipinski definition) is 5. The number of rotatable bonds is 10. The van der Waals surface area contributed by atoms with Crippen molar-refractivity contribution in [3.8, 4) is 0 Å². The largest absolute Gasteiger partial charge is 1.00 e. The zero-order valence-corrected chi connectivity index (χ0v) is 13.5. The minimum Gasteiger partial charge on any atom is -1.00 e. The Hall–Kier alpha value is -0.810. The van der Waals surface area contributed by atoms with Gasteiger partial charge in [0.1, 0.15) is 19.6 Å². The summed E-state index contributed by atoms with van der Waals surface area (Å²) in [5, 5.41) is 39.3. The Labute approximate surface area is 139 Å². The lowest BCUT2D eigenvalue weighted by Crippen LogP contribution is -3.00. The average Bonchev–Trinajstić information content (AvgIpc) is 2.45. The smallest absolute Gasteiger partial charge is 0.335 e. The average molecular weight is 358 g/mol. The van der Waals surface area contributed by atoms with Crippen LogP contribution in [0.4, 0.5) is 11.9 Å². The van der Waals surface area contributed by atoms with Crippen LogP contribution >= 0.6 is 11.6 Å². The zero-order chi connectivity index (χ0) is 15.7. The third kappa shape index (κ3) is 5.76. The fraction of sp³-hybridized carbons (Fsp3) is 0.727. The second kappa shape index (κ2) is 10.8. The van der Waals surface area contributed by atoms with Gasteiger partial charge in [-0.1, -0.05) is 0 Å². The molecular formula is C11H21Cl2N5O4. The van der Waals surface area contributed by atoms with Gasteiger partial charge in [0.15, 0.2) is 0 Å². The third-order valence-electron chi connectivity index (χ3n) is 3.00. The molecule has 0 bridgehead atoms. The summed E-state index contributed by atoms with van der Waals surface area (Å²) < 4.78 is -0.0143. The van der Waals surface area contributed by atoms with Crippen LogP contribution in [0.3, 0.4) is 0 Å². The van der Waals surface area contributed by atoms with Gasteiger partial charge in [0.2, 0.25) is 11.2 Å². The summed E-state index contributed by atoms with van der Waals surface area (Å²) in [6.07, 6.45) is 0. The van der Waals surface area contributed by atoms with E-state index in [1.807, 2.05) is 0 Å². The number of halogens is 2. The molecule has 0 atom stereocenters. The predicted octanol–water partition coefficient (Wildman–Crippen LogP) is -4.78. The summed E-state index contributed by atoms with van der Waals surface area (Å²) in [6.45, 7) is 0.332. The second-order valence-electron chi connectivity index (χ2n) is 4.37. The first-order valence-electron chi connectivity index (χ1n) is 6.57. The van der Waals surface area contributed by atoms with Gasteiger partial charge in [0.25, 0.3) is 0 Å². The van der Waals surface area contributed by atoms with Crippen molar-refractivity contribution in [3.05, 3.63) is 5.28 Å². The van der Waals surface area contributed by atoms with Gasteiger partial charge in [-0.2, -0.15) is 4.98 Å². The number of aliphatic hydroxyl groups excluding tert-OH is 4. The molecule has 0 aliphatic rings. The highest BCUT2D eigenvalue weighted by Crippen LogP contribution is 2.21. The van der Waals surface area contributed by atoms with E-state index in [1.165, 1.54) is 0 Å². The Morgan fingerprint density at radius 3 is 1.86 bits per heavy atom. The molecule has 11 heteroatoms. The van der Waals surface area contributed by atoms with E-state index in [4.69, 9.17) is 16.7 Å². The molecule has 0 amide bonds. The van der Waals surface area contributed by atoms with Crippen molar-refractivity contribution in [1.82, 2.24) is 19.4 Å². The summed E-state index contributed by atoms with van der Waals surface area (Å²) in [7, 11) is 0. The molecule has 1 heterocycles. The van der Waals surface area contributed by atoms with Gasteiger partial charge in [-0.05, 0) is 11.6 Å². The monoisotopic (exact) mass is 357 g/mol. The van der Waals surface area contributed by atoms with Crippen molar-refractivity contribution in [2.75, 3.05) is 57.9 Å². The van der Waals surface area contributed by atoms with Crippen molar-refractivity contribution in [2.45, 2.75) is 0 Å². The van der Waals surface area contributed by atoms with Crippen molar-refractivity contribution in [3.63, 3.8) is 0 Å².